The van der Waals surface area contributed by atoms with Crippen molar-refractivity contribution in [3.8, 4) is 0 Å². The van der Waals surface area contributed by atoms with Crippen LogP contribution >= 0.6 is 0 Å². The molecule has 0 aromatic carbocycles. The molecule has 15 heavy (non-hydrogen) atoms. The van der Waals surface area contributed by atoms with Gasteiger partial charge in [0.2, 0.25) is 0 Å². The molecule has 0 aliphatic heterocycles. The average Bonchev–Trinajstić information content (AvgIpc) is 2.22. The summed E-state index contributed by atoms with van der Waals surface area (Å²) < 4.78 is 12.9. The molecule has 0 saturated carbocycles. The number of hydrogen-bond donors (Lipinski definition) is 1. The zero-order valence-electron chi connectivity index (χ0n) is 8.02. The van der Waals surface area contributed by atoms with Gasteiger partial charge in [0.1, 0.15) is 5.82 Å². The first-order valence-electron chi connectivity index (χ1n) is 4.53. The highest BCUT2D eigenvalue weighted by Crippen LogP contribution is 2.14. The Labute approximate surface area is 86.8 Å². The minimum Gasteiger partial charge on any atom is -0.398 e. The van der Waals surface area contributed by atoms with Gasteiger partial charge in [-0.15, -0.1) is 0 Å². The predicted octanol–water partition coefficient (Wildman–Crippen LogP) is 1.79. The zero-order chi connectivity index (χ0) is 10.7. The van der Waals surface area contributed by atoms with E-state index in [0.29, 0.717) is 12.1 Å². The summed E-state index contributed by atoms with van der Waals surface area (Å²) in [5.41, 5.74) is 8.08. The topological polar surface area (TPSA) is 51.8 Å². The minimum atomic E-state index is -0.338. The SMILES string of the molecule is Nc1ccncc1Cc1cncc(F)c1. The second-order valence-electron chi connectivity index (χ2n) is 3.26. The van der Waals surface area contributed by atoms with Crippen LogP contribution in [0.1, 0.15) is 11.1 Å². The Kier molecular flexibility index (Phi) is 2.58. The van der Waals surface area contributed by atoms with Crippen molar-refractivity contribution in [1.82, 2.24) is 9.97 Å². The van der Waals surface area contributed by atoms with Gasteiger partial charge in [0.05, 0.1) is 6.20 Å². The molecule has 0 aliphatic rings. The number of nitrogens with two attached hydrogens (primary N) is 1. The molecule has 76 valence electrons. The lowest BCUT2D eigenvalue weighted by Gasteiger charge is -2.04. The van der Waals surface area contributed by atoms with Crippen molar-refractivity contribution < 1.29 is 4.39 Å². The fourth-order valence-corrected chi connectivity index (χ4v) is 1.36. The van der Waals surface area contributed by atoms with Crippen LogP contribution in [0.3, 0.4) is 0 Å². The van der Waals surface area contributed by atoms with Crippen molar-refractivity contribution in [3.05, 3.63) is 53.9 Å². The molecule has 0 saturated heterocycles. The van der Waals surface area contributed by atoms with E-state index in [4.69, 9.17) is 5.73 Å². The van der Waals surface area contributed by atoms with Crippen LogP contribution in [0.4, 0.5) is 10.1 Å². The number of aromatic nitrogens is 2. The summed E-state index contributed by atoms with van der Waals surface area (Å²) in [5.74, 6) is -0.338. The number of hydrogen-bond acceptors (Lipinski definition) is 3. The fourth-order valence-electron chi connectivity index (χ4n) is 1.36. The smallest absolute Gasteiger partial charge is 0.141 e. The van der Waals surface area contributed by atoms with E-state index in [1.807, 2.05) is 0 Å². The third-order valence-electron chi connectivity index (χ3n) is 2.10. The summed E-state index contributed by atoms with van der Waals surface area (Å²) in [6, 6.07) is 3.17. The van der Waals surface area contributed by atoms with Crippen molar-refractivity contribution in [2.24, 2.45) is 0 Å². The Morgan fingerprint density at radius 3 is 2.80 bits per heavy atom. The highest BCUT2D eigenvalue weighted by Gasteiger charge is 2.01. The molecule has 2 N–H and O–H groups in total. The summed E-state index contributed by atoms with van der Waals surface area (Å²) in [6.45, 7) is 0. The minimum absolute atomic E-state index is 0.338. The number of anilines is 1. The third kappa shape index (κ3) is 2.28. The first-order chi connectivity index (χ1) is 7.25. The number of nitrogens with zero attached hydrogens (tertiary/aromatic N) is 2. The summed E-state index contributed by atoms with van der Waals surface area (Å²) >= 11 is 0. The van der Waals surface area contributed by atoms with E-state index in [1.165, 1.54) is 12.3 Å². The molecule has 0 aliphatic carbocycles. The van der Waals surface area contributed by atoms with Crippen LogP contribution in [0.15, 0.2) is 36.9 Å². The maximum atomic E-state index is 12.9. The van der Waals surface area contributed by atoms with Gasteiger partial charge >= 0.3 is 0 Å². The third-order valence-corrected chi connectivity index (χ3v) is 2.10. The van der Waals surface area contributed by atoms with Gasteiger partial charge in [-0.25, -0.2) is 4.39 Å². The van der Waals surface area contributed by atoms with Gasteiger partial charge in [0, 0.05) is 30.7 Å². The van der Waals surface area contributed by atoms with Gasteiger partial charge < -0.3 is 5.73 Å². The van der Waals surface area contributed by atoms with Crippen LogP contribution in [0, 0.1) is 5.82 Å². The highest BCUT2D eigenvalue weighted by molar-refractivity contribution is 5.46. The average molecular weight is 203 g/mol. The molecule has 0 fully saturated rings. The molecule has 2 aromatic rings. The van der Waals surface area contributed by atoms with Gasteiger partial charge in [0.15, 0.2) is 0 Å². The molecule has 0 bridgehead atoms. The van der Waals surface area contributed by atoms with E-state index >= 15 is 0 Å². The molecule has 0 unspecified atom stereocenters. The lowest BCUT2D eigenvalue weighted by molar-refractivity contribution is 0.619. The van der Waals surface area contributed by atoms with Crippen molar-refractivity contribution in [1.29, 1.82) is 0 Å². The van der Waals surface area contributed by atoms with Gasteiger partial charge in [-0.05, 0) is 23.3 Å². The molecule has 3 nitrogen and oxygen atoms in total. The molecule has 2 aromatic heterocycles. The van der Waals surface area contributed by atoms with Gasteiger partial charge in [-0.3, -0.25) is 9.97 Å². The number of rotatable bonds is 2. The molecule has 2 rings (SSSR count). The van der Waals surface area contributed by atoms with Crippen molar-refractivity contribution >= 4 is 5.69 Å². The largest absolute Gasteiger partial charge is 0.398 e. The van der Waals surface area contributed by atoms with Gasteiger partial charge in [0.25, 0.3) is 0 Å². The molecule has 4 heteroatoms. The normalized spacial score (nSPS) is 10.2. The van der Waals surface area contributed by atoms with E-state index in [-0.39, 0.29) is 5.82 Å². The van der Waals surface area contributed by atoms with E-state index in [0.717, 1.165) is 11.1 Å². The molecule has 0 amide bonds. The number of pyridine rings is 2. The van der Waals surface area contributed by atoms with Crippen LogP contribution < -0.4 is 5.73 Å². The quantitative estimate of drug-likeness (QED) is 0.809. The Morgan fingerprint density at radius 1 is 1.20 bits per heavy atom. The van der Waals surface area contributed by atoms with Crippen LogP contribution in [0.2, 0.25) is 0 Å². The van der Waals surface area contributed by atoms with E-state index in [9.17, 15) is 4.39 Å². The van der Waals surface area contributed by atoms with E-state index in [2.05, 4.69) is 9.97 Å². The fraction of sp³-hybridized carbons (Fsp3) is 0.0909. The predicted molar refractivity (Wildman–Crippen MR) is 55.7 cm³/mol. The first kappa shape index (κ1) is 9.58. The lowest BCUT2D eigenvalue weighted by Crippen LogP contribution is -1.97. The molecule has 0 atom stereocenters. The van der Waals surface area contributed by atoms with Crippen LogP contribution in [0.5, 0.6) is 0 Å². The molecule has 0 spiro atoms. The molecule has 2 heterocycles. The van der Waals surface area contributed by atoms with Gasteiger partial charge in [-0.1, -0.05) is 0 Å². The Morgan fingerprint density at radius 2 is 2.07 bits per heavy atom. The van der Waals surface area contributed by atoms with Crippen LogP contribution in [0.25, 0.3) is 0 Å². The maximum Gasteiger partial charge on any atom is 0.141 e. The van der Waals surface area contributed by atoms with Crippen LogP contribution in [-0.2, 0) is 6.42 Å². The zero-order valence-corrected chi connectivity index (χ0v) is 8.02. The molecular formula is C11H10FN3. The van der Waals surface area contributed by atoms with Crippen LogP contribution in [-0.4, -0.2) is 9.97 Å². The molecular weight excluding hydrogens is 193 g/mol. The van der Waals surface area contributed by atoms with E-state index in [1.54, 1.807) is 24.7 Å². The van der Waals surface area contributed by atoms with Crippen molar-refractivity contribution in [2.45, 2.75) is 6.42 Å². The second-order valence-corrected chi connectivity index (χ2v) is 3.26. The first-order valence-corrected chi connectivity index (χ1v) is 4.53. The Balaban J connectivity index is 2.26. The second kappa shape index (κ2) is 4.04. The van der Waals surface area contributed by atoms with Crippen molar-refractivity contribution in [2.75, 3.05) is 5.73 Å². The summed E-state index contributed by atoms with van der Waals surface area (Å²) in [6.07, 6.45) is 6.65. The highest BCUT2D eigenvalue weighted by atomic mass is 19.1. The van der Waals surface area contributed by atoms with Crippen molar-refractivity contribution in [3.63, 3.8) is 0 Å². The Bertz CT molecular complexity index is 471. The molecule has 0 radical (unpaired) electrons. The van der Waals surface area contributed by atoms with Gasteiger partial charge in [-0.2, -0.15) is 0 Å². The maximum absolute atomic E-state index is 12.9. The summed E-state index contributed by atoms with van der Waals surface area (Å²) in [4.78, 5) is 7.74. The Hall–Kier alpha value is -1.97. The number of halogens is 1. The summed E-state index contributed by atoms with van der Waals surface area (Å²) in [5, 5.41) is 0. The van der Waals surface area contributed by atoms with E-state index < -0.39 is 0 Å². The standard InChI is InChI=1S/C11H10FN3/c12-10-4-8(5-15-7-10)3-9-6-14-2-1-11(9)13/h1-2,4-7H,3H2,(H2,13,14). The lowest BCUT2D eigenvalue weighted by atomic mass is 10.1. The summed E-state index contributed by atoms with van der Waals surface area (Å²) in [7, 11) is 0. The number of nitrogen functional groups attached to an aromatic ring is 1. The monoisotopic (exact) mass is 203 g/mol.